The predicted octanol–water partition coefficient (Wildman–Crippen LogP) is 0.312. The number of hydrogen-bond donors (Lipinski definition) is 1. The van der Waals surface area contributed by atoms with Crippen LogP contribution in [0.4, 0.5) is 0 Å². The van der Waals surface area contributed by atoms with Crippen LogP contribution in [0.15, 0.2) is 55.8 Å². The molecule has 0 unspecified atom stereocenters. The van der Waals surface area contributed by atoms with Crippen molar-refractivity contribution in [2.24, 2.45) is 4.99 Å². The quantitative estimate of drug-likeness (QED) is 0.656. The summed E-state index contributed by atoms with van der Waals surface area (Å²) in [6, 6.07) is 8.91. The Bertz CT molecular complexity index is 1150. The smallest absolute Gasteiger partial charge is 0.328 e. The third-order valence-electron chi connectivity index (χ3n) is 3.78. The molecule has 28 heavy (non-hydrogen) atoms. The third kappa shape index (κ3) is 3.93. The zero-order valence-corrected chi connectivity index (χ0v) is 16.6. The van der Waals surface area contributed by atoms with Crippen LogP contribution in [0.2, 0.25) is 0 Å². The van der Waals surface area contributed by atoms with Gasteiger partial charge in [-0.1, -0.05) is 12.1 Å². The van der Waals surface area contributed by atoms with Gasteiger partial charge in [0.2, 0.25) is 5.09 Å². The van der Waals surface area contributed by atoms with E-state index in [1.54, 1.807) is 18.2 Å². The highest BCUT2D eigenvalue weighted by atomic mass is 32.2. The summed E-state index contributed by atoms with van der Waals surface area (Å²) in [5, 5.41) is -0.263. The van der Waals surface area contributed by atoms with Gasteiger partial charge in [0.25, 0.3) is 20.0 Å². The topological polar surface area (TPSA) is 135 Å². The zero-order chi connectivity index (χ0) is 20.5. The molecule has 2 aromatic rings. The maximum atomic E-state index is 12.0. The Kier molecular flexibility index (Phi) is 5.28. The number of fused-ring (bicyclic) bond motifs is 1. The summed E-state index contributed by atoms with van der Waals surface area (Å²) in [6.45, 7) is -0.704. The molecule has 0 saturated carbocycles. The van der Waals surface area contributed by atoms with E-state index in [1.807, 2.05) is 0 Å². The largest absolute Gasteiger partial charge is 0.456 e. The molecule has 0 aliphatic carbocycles. The lowest BCUT2D eigenvalue weighted by Gasteiger charge is -2.07. The summed E-state index contributed by atoms with van der Waals surface area (Å²) in [7, 11) is -4.67. The van der Waals surface area contributed by atoms with Crippen LogP contribution in [0.3, 0.4) is 0 Å². The van der Waals surface area contributed by atoms with Crippen molar-refractivity contribution < 1.29 is 30.8 Å². The van der Waals surface area contributed by atoms with Crippen molar-refractivity contribution in [3.05, 3.63) is 47.7 Å². The Labute approximate surface area is 161 Å². The number of carbonyl (C=O) groups is 1. The summed E-state index contributed by atoms with van der Waals surface area (Å²) >= 11 is 0. The fraction of sp³-hybridized carbons (Fsp3) is 0.250. The zero-order valence-electron chi connectivity index (χ0n) is 14.9. The minimum atomic E-state index is -3.72. The summed E-state index contributed by atoms with van der Waals surface area (Å²) in [5.41, 5.74) is 0.375. The number of esters is 1. The standard InChI is InChI=1S/C16H17N3O7S2/c1-19(2)28(23,24)15-8-7-11(26-15)10-25-14(20)9-17-16-12-5-3-4-6-13(12)27(21,22)18-16/h3-8H,9-10H2,1-2H3,(H,17,18). The van der Waals surface area contributed by atoms with Gasteiger partial charge >= 0.3 is 5.97 Å². The number of nitrogens with one attached hydrogen (secondary N) is 1. The molecule has 0 atom stereocenters. The average molecular weight is 427 g/mol. The van der Waals surface area contributed by atoms with Crippen molar-refractivity contribution in [2.75, 3.05) is 20.6 Å². The van der Waals surface area contributed by atoms with Crippen LogP contribution in [-0.2, 0) is 36.2 Å². The highest BCUT2D eigenvalue weighted by molar-refractivity contribution is 7.90. The van der Waals surface area contributed by atoms with Crippen LogP contribution in [0.5, 0.6) is 0 Å². The van der Waals surface area contributed by atoms with Crippen LogP contribution in [0, 0.1) is 0 Å². The van der Waals surface area contributed by atoms with Crippen molar-refractivity contribution in [3.8, 4) is 0 Å². The number of nitrogens with zero attached hydrogens (tertiary/aromatic N) is 2. The Morgan fingerprint density at radius 1 is 1.21 bits per heavy atom. The predicted molar refractivity (Wildman–Crippen MR) is 97.5 cm³/mol. The molecule has 12 heteroatoms. The lowest BCUT2D eigenvalue weighted by atomic mass is 10.2. The molecule has 3 rings (SSSR count). The lowest BCUT2D eigenvalue weighted by molar-refractivity contribution is -0.143. The summed E-state index contributed by atoms with van der Waals surface area (Å²) in [4.78, 5) is 15.9. The van der Waals surface area contributed by atoms with Crippen LogP contribution in [-0.4, -0.2) is 53.6 Å². The number of sulfonamides is 2. The van der Waals surface area contributed by atoms with Gasteiger partial charge in [0, 0.05) is 19.7 Å². The van der Waals surface area contributed by atoms with Crippen LogP contribution in [0.25, 0.3) is 0 Å². The molecule has 1 aromatic heterocycles. The van der Waals surface area contributed by atoms with E-state index in [1.165, 1.54) is 32.3 Å². The van der Waals surface area contributed by atoms with Gasteiger partial charge in [0.15, 0.2) is 0 Å². The highest BCUT2D eigenvalue weighted by Gasteiger charge is 2.30. The molecule has 0 fully saturated rings. The Hall–Kier alpha value is -2.70. The molecule has 0 amide bonds. The number of carbonyl (C=O) groups excluding carboxylic acids is 1. The molecule has 1 N–H and O–H groups in total. The maximum absolute atomic E-state index is 12.0. The van der Waals surface area contributed by atoms with Crippen molar-refractivity contribution in [1.29, 1.82) is 0 Å². The molecular formula is C16H17N3O7S2. The van der Waals surface area contributed by atoms with Gasteiger partial charge in [-0.25, -0.2) is 21.1 Å². The number of amidine groups is 1. The van der Waals surface area contributed by atoms with Crippen molar-refractivity contribution >= 4 is 31.9 Å². The summed E-state index contributed by atoms with van der Waals surface area (Å²) in [6.07, 6.45) is 0. The second-order valence-electron chi connectivity index (χ2n) is 5.94. The van der Waals surface area contributed by atoms with Gasteiger partial charge in [-0.2, -0.15) is 0 Å². The molecule has 1 aliphatic rings. The van der Waals surface area contributed by atoms with Gasteiger partial charge in [-0.3, -0.25) is 14.5 Å². The van der Waals surface area contributed by atoms with E-state index in [0.717, 1.165) is 4.31 Å². The van der Waals surface area contributed by atoms with Crippen LogP contribution < -0.4 is 4.72 Å². The molecule has 150 valence electrons. The number of furan rings is 1. The molecule has 2 heterocycles. The molecular weight excluding hydrogens is 410 g/mol. The molecule has 0 bridgehead atoms. The first-order chi connectivity index (χ1) is 13.1. The van der Waals surface area contributed by atoms with Crippen LogP contribution in [0.1, 0.15) is 11.3 Å². The van der Waals surface area contributed by atoms with Gasteiger partial charge in [-0.15, -0.1) is 0 Å². The second-order valence-corrected chi connectivity index (χ2v) is 9.67. The summed E-state index contributed by atoms with van der Waals surface area (Å²) < 4.78 is 61.3. The Morgan fingerprint density at radius 3 is 2.64 bits per heavy atom. The fourth-order valence-corrected chi connectivity index (χ4v) is 4.41. The highest BCUT2D eigenvalue weighted by Crippen LogP contribution is 2.22. The van der Waals surface area contributed by atoms with E-state index in [-0.39, 0.29) is 28.2 Å². The SMILES string of the molecule is CN(C)S(=O)(=O)c1ccc(COC(=O)CN=C2NS(=O)(=O)c3ccccc32)o1. The number of ether oxygens (including phenoxy) is 1. The Morgan fingerprint density at radius 2 is 1.93 bits per heavy atom. The van der Waals surface area contributed by atoms with Crippen molar-refractivity contribution in [3.63, 3.8) is 0 Å². The minimum absolute atomic E-state index is 0.0601. The van der Waals surface area contributed by atoms with Gasteiger partial charge in [0.1, 0.15) is 24.7 Å². The average Bonchev–Trinajstić information content (AvgIpc) is 3.22. The van der Waals surface area contributed by atoms with Gasteiger partial charge in [-0.05, 0) is 24.3 Å². The molecule has 1 aliphatic heterocycles. The van der Waals surface area contributed by atoms with E-state index in [4.69, 9.17) is 9.15 Å². The van der Waals surface area contributed by atoms with Crippen molar-refractivity contribution in [1.82, 2.24) is 9.03 Å². The molecule has 0 radical (unpaired) electrons. The fourth-order valence-electron chi connectivity index (χ4n) is 2.35. The molecule has 0 saturated heterocycles. The third-order valence-corrected chi connectivity index (χ3v) is 6.86. The second kappa shape index (κ2) is 7.37. The van der Waals surface area contributed by atoms with Crippen molar-refractivity contribution in [2.45, 2.75) is 16.6 Å². The first-order valence-electron chi connectivity index (χ1n) is 7.95. The van der Waals surface area contributed by atoms with E-state index >= 15 is 0 Å². The first-order valence-corrected chi connectivity index (χ1v) is 10.9. The number of aliphatic imine (C=N–C) groups is 1. The molecule has 1 aromatic carbocycles. The normalized spacial score (nSPS) is 16.8. The monoisotopic (exact) mass is 427 g/mol. The van der Waals surface area contributed by atoms with Crippen LogP contribution >= 0.6 is 0 Å². The lowest BCUT2D eigenvalue weighted by Crippen LogP contribution is -2.23. The maximum Gasteiger partial charge on any atom is 0.328 e. The molecule has 0 spiro atoms. The van der Waals surface area contributed by atoms with E-state index in [9.17, 15) is 21.6 Å². The molecule has 10 nitrogen and oxygen atoms in total. The Balaban J connectivity index is 1.62. The van der Waals surface area contributed by atoms with Gasteiger partial charge < -0.3 is 9.15 Å². The van der Waals surface area contributed by atoms with E-state index in [2.05, 4.69) is 9.71 Å². The number of benzene rings is 1. The number of rotatable bonds is 6. The first kappa shape index (κ1) is 20.0. The van der Waals surface area contributed by atoms with Gasteiger partial charge in [0.05, 0.1) is 4.90 Å². The van der Waals surface area contributed by atoms with E-state index < -0.39 is 32.6 Å². The number of hydrogen-bond acceptors (Lipinski definition) is 8. The minimum Gasteiger partial charge on any atom is -0.456 e. The van der Waals surface area contributed by atoms with E-state index in [0.29, 0.717) is 5.56 Å². The summed E-state index contributed by atoms with van der Waals surface area (Å²) in [5.74, 6) is -0.525.